The van der Waals surface area contributed by atoms with E-state index in [1.807, 2.05) is 35.6 Å². The topological polar surface area (TPSA) is 74.3 Å². The highest BCUT2D eigenvalue weighted by Crippen LogP contribution is 2.25. The number of aromatic nitrogens is 5. The average Bonchev–Trinajstić information content (AvgIpc) is 3.39. The number of hydrogen-bond acceptors (Lipinski definition) is 7. The number of fused-ring (bicyclic) bond motifs is 3. The third kappa shape index (κ3) is 4.28. The van der Waals surface area contributed by atoms with E-state index in [9.17, 15) is 4.79 Å². The number of thioether (sulfide) groups is 1. The maximum Gasteiger partial charge on any atom is 0.262 e. The van der Waals surface area contributed by atoms with Gasteiger partial charge in [-0.2, -0.15) is 0 Å². The van der Waals surface area contributed by atoms with Crippen molar-refractivity contribution in [3.05, 3.63) is 50.7 Å². The predicted molar refractivity (Wildman–Crippen MR) is 122 cm³/mol. The summed E-state index contributed by atoms with van der Waals surface area (Å²) in [5.41, 5.74) is 1.85. The van der Waals surface area contributed by atoms with Crippen LogP contribution in [0.1, 0.15) is 37.4 Å². The van der Waals surface area contributed by atoms with Gasteiger partial charge >= 0.3 is 0 Å². The van der Waals surface area contributed by atoms with Gasteiger partial charge in [0.1, 0.15) is 0 Å². The van der Waals surface area contributed by atoms with Gasteiger partial charge in [0.25, 0.3) is 5.56 Å². The molecule has 0 amide bonds. The van der Waals surface area contributed by atoms with Crippen LogP contribution in [0.25, 0.3) is 16.7 Å². The van der Waals surface area contributed by atoms with Crippen LogP contribution in [0, 0.1) is 0 Å². The van der Waals surface area contributed by atoms with Gasteiger partial charge < -0.3 is 4.74 Å². The molecule has 0 aliphatic carbocycles. The Bertz CT molecular complexity index is 1200. The Morgan fingerprint density at radius 1 is 1.20 bits per heavy atom. The van der Waals surface area contributed by atoms with Crippen molar-refractivity contribution in [2.45, 2.75) is 50.6 Å². The molecule has 0 fully saturated rings. The van der Waals surface area contributed by atoms with Crippen LogP contribution in [0.4, 0.5) is 0 Å². The molecule has 4 rings (SSSR count). The number of rotatable bonds is 10. The Hall–Kier alpha value is -2.23. The number of thiazole rings is 1. The van der Waals surface area contributed by atoms with Crippen molar-refractivity contribution >= 4 is 39.8 Å². The number of para-hydroxylation sites is 1. The number of benzene rings is 1. The van der Waals surface area contributed by atoms with Gasteiger partial charge in [-0.15, -0.1) is 21.5 Å². The molecule has 0 radical (unpaired) electrons. The van der Waals surface area contributed by atoms with Crippen molar-refractivity contribution in [2.24, 2.45) is 0 Å². The van der Waals surface area contributed by atoms with E-state index < -0.39 is 0 Å². The zero-order valence-electron chi connectivity index (χ0n) is 17.2. The predicted octanol–water partition coefficient (Wildman–Crippen LogP) is 4.17. The van der Waals surface area contributed by atoms with E-state index in [1.165, 1.54) is 5.01 Å². The Balaban J connectivity index is 1.68. The fourth-order valence-corrected chi connectivity index (χ4v) is 5.22. The molecule has 158 valence electrons. The van der Waals surface area contributed by atoms with E-state index in [2.05, 4.69) is 22.5 Å². The highest BCUT2D eigenvalue weighted by molar-refractivity contribution is 7.98. The quantitative estimate of drug-likeness (QED) is 0.270. The molecule has 1 aromatic carbocycles. The first-order valence-corrected chi connectivity index (χ1v) is 12.1. The fraction of sp³-hybridized carbons (Fsp3) is 0.429. The molecule has 3 aromatic heterocycles. The molecule has 3 heterocycles. The van der Waals surface area contributed by atoms with Gasteiger partial charge in [0.15, 0.2) is 5.16 Å². The Morgan fingerprint density at radius 3 is 2.90 bits per heavy atom. The summed E-state index contributed by atoms with van der Waals surface area (Å²) < 4.78 is 9.13. The second-order valence-corrected chi connectivity index (χ2v) is 8.80. The van der Waals surface area contributed by atoms with Crippen LogP contribution in [-0.4, -0.2) is 37.4 Å². The lowest BCUT2D eigenvalue weighted by atomic mass is 10.2. The second-order valence-electron chi connectivity index (χ2n) is 6.91. The van der Waals surface area contributed by atoms with Gasteiger partial charge in [0.05, 0.1) is 21.6 Å². The molecule has 0 aliphatic heterocycles. The first-order valence-electron chi connectivity index (χ1n) is 10.2. The molecule has 0 saturated carbocycles. The summed E-state index contributed by atoms with van der Waals surface area (Å²) >= 11 is 3.31. The molecule has 4 aromatic rings. The van der Waals surface area contributed by atoms with Crippen LogP contribution >= 0.6 is 23.1 Å². The summed E-state index contributed by atoms with van der Waals surface area (Å²) in [5, 5.41) is 13.5. The number of aryl methyl sites for hydroxylation is 2. The van der Waals surface area contributed by atoms with Crippen molar-refractivity contribution in [1.82, 2.24) is 24.1 Å². The van der Waals surface area contributed by atoms with Gasteiger partial charge in [-0.05, 0) is 38.3 Å². The maximum absolute atomic E-state index is 13.1. The van der Waals surface area contributed by atoms with Gasteiger partial charge in [-0.25, -0.2) is 4.98 Å². The lowest BCUT2D eigenvalue weighted by molar-refractivity contribution is 0.141. The van der Waals surface area contributed by atoms with Crippen molar-refractivity contribution in [2.75, 3.05) is 13.2 Å². The van der Waals surface area contributed by atoms with Crippen molar-refractivity contribution in [3.8, 4) is 0 Å². The third-order valence-corrected chi connectivity index (χ3v) is 6.68. The molecule has 0 saturated heterocycles. The van der Waals surface area contributed by atoms with Crippen molar-refractivity contribution in [3.63, 3.8) is 0 Å². The standard InChI is InChI=1S/C21H25N5O2S2/c1-3-8-18-22-15(13-29-18)14-30-21-24-23-20-25(11-7-12-28-4-2)19(27)16-9-5-6-10-17(16)26(20)21/h5-6,9-10,13H,3-4,7-8,11-12,14H2,1-2H3. The molecule has 0 unspecified atom stereocenters. The molecule has 9 heteroatoms. The number of ether oxygens (including phenoxy) is 1. The van der Waals surface area contributed by atoms with Crippen LogP contribution in [0.2, 0.25) is 0 Å². The fourth-order valence-electron chi connectivity index (χ4n) is 3.38. The van der Waals surface area contributed by atoms with E-state index in [-0.39, 0.29) is 5.56 Å². The second kappa shape index (κ2) is 9.72. The lowest BCUT2D eigenvalue weighted by Gasteiger charge is -2.11. The monoisotopic (exact) mass is 443 g/mol. The zero-order chi connectivity index (χ0) is 20.9. The Morgan fingerprint density at radius 2 is 2.07 bits per heavy atom. The number of nitrogens with zero attached hydrogens (tertiary/aromatic N) is 5. The van der Waals surface area contributed by atoms with Crippen LogP contribution in [-0.2, 0) is 23.5 Å². The van der Waals surface area contributed by atoms with Crippen molar-refractivity contribution < 1.29 is 4.74 Å². The minimum Gasteiger partial charge on any atom is -0.382 e. The third-order valence-electron chi connectivity index (χ3n) is 4.77. The highest BCUT2D eigenvalue weighted by atomic mass is 32.2. The molecule has 0 aliphatic rings. The summed E-state index contributed by atoms with van der Waals surface area (Å²) in [6.45, 7) is 5.96. The zero-order valence-corrected chi connectivity index (χ0v) is 18.8. The van der Waals surface area contributed by atoms with Crippen LogP contribution in [0.15, 0.2) is 39.6 Å². The Labute approximate surface area is 183 Å². The van der Waals surface area contributed by atoms with Gasteiger partial charge in [0, 0.05) is 30.9 Å². The maximum atomic E-state index is 13.1. The van der Waals surface area contributed by atoms with Crippen LogP contribution in [0.5, 0.6) is 0 Å². The molecular formula is C21H25N5O2S2. The van der Waals surface area contributed by atoms with E-state index >= 15 is 0 Å². The smallest absolute Gasteiger partial charge is 0.262 e. The molecule has 0 N–H and O–H groups in total. The largest absolute Gasteiger partial charge is 0.382 e. The van der Waals surface area contributed by atoms with Crippen LogP contribution < -0.4 is 5.56 Å². The molecule has 30 heavy (non-hydrogen) atoms. The van der Waals surface area contributed by atoms with Gasteiger partial charge in [-0.3, -0.25) is 13.8 Å². The summed E-state index contributed by atoms with van der Waals surface area (Å²) in [4.78, 5) is 17.8. The first-order chi connectivity index (χ1) is 14.7. The Kier molecular flexibility index (Phi) is 6.81. The van der Waals surface area contributed by atoms with Crippen LogP contribution in [0.3, 0.4) is 0 Å². The molecule has 7 nitrogen and oxygen atoms in total. The van der Waals surface area contributed by atoms with E-state index in [4.69, 9.17) is 9.72 Å². The average molecular weight is 444 g/mol. The molecule has 0 spiro atoms. The normalized spacial score (nSPS) is 11.7. The summed E-state index contributed by atoms with van der Waals surface area (Å²) in [6, 6.07) is 7.64. The van der Waals surface area contributed by atoms with Gasteiger partial charge in [-0.1, -0.05) is 30.8 Å². The summed E-state index contributed by atoms with van der Waals surface area (Å²) in [6.07, 6.45) is 2.86. The van der Waals surface area contributed by atoms with E-state index in [0.29, 0.717) is 30.9 Å². The van der Waals surface area contributed by atoms with Gasteiger partial charge in [0.2, 0.25) is 5.78 Å². The minimum absolute atomic E-state index is 0.0396. The molecule has 0 atom stereocenters. The minimum atomic E-state index is -0.0396. The molecular weight excluding hydrogens is 418 g/mol. The lowest BCUT2D eigenvalue weighted by Crippen LogP contribution is -2.24. The molecule has 0 bridgehead atoms. The SMILES string of the molecule is CCCc1nc(CSc2nnc3n(CCCOCC)c(=O)c4ccccc4n23)cs1. The van der Waals surface area contributed by atoms with Crippen molar-refractivity contribution in [1.29, 1.82) is 0 Å². The summed E-state index contributed by atoms with van der Waals surface area (Å²) in [7, 11) is 0. The van der Waals surface area contributed by atoms with E-state index in [1.54, 1.807) is 27.7 Å². The highest BCUT2D eigenvalue weighted by Gasteiger charge is 2.17. The first kappa shape index (κ1) is 21.0. The number of hydrogen-bond donors (Lipinski definition) is 0. The summed E-state index contributed by atoms with van der Waals surface area (Å²) in [5.74, 6) is 1.29. The van der Waals surface area contributed by atoms with E-state index in [0.717, 1.165) is 41.4 Å².